The maximum atomic E-state index is 13.0. The third-order valence-corrected chi connectivity index (χ3v) is 8.37. The van der Waals surface area contributed by atoms with Gasteiger partial charge in [-0.15, -0.1) is 10.2 Å². The molecule has 0 aliphatic carbocycles. The van der Waals surface area contributed by atoms with Gasteiger partial charge < -0.3 is 4.90 Å². The van der Waals surface area contributed by atoms with Gasteiger partial charge >= 0.3 is 0 Å². The number of aromatic nitrogens is 2. The van der Waals surface area contributed by atoms with E-state index in [0.29, 0.717) is 34.6 Å². The summed E-state index contributed by atoms with van der Waals surface area (Å²) in [6.45, 7) is 1.51. The Morgan fingerprint density at radius 2 is 1.55 bits per heavy atom. The lowest BCUT2D eigenvalue weighted by atomic mass is 10.1. The number of benzene rings is 2. The van der Waals surface area contributed by atoms with Crippen LogP contribution in [0, 0.1) is 0 Å². The largest absolute Gasteiger partial charge is 0.352 e. The van der Waals surface area contributed by atoms with E-state index in [4.69, 9.17) is 46.4 Å². The molecule has 0 unspecified atom stereocenters. The van der Waals surface area contributed by atoms with E-state index in [1.807, 2.05) is 17.0 Å². The van der Waals surface area contributed by atoms with Crippen molar-refractivity contribution in [3.8, 4) is 11.3 Å². The van der Waals surface area contributed by atoms with Crippen molar-refractivity contribution in [2.45, 2.75) is 4.90 Å². The second-order valence-electron chi connectivity index (χ2n) is 6.84. The smallest absolute Gasteiger partial charge is 0.244 e. The first kappa shape index (κ1) is 22.6. The van der Waals surface area contributed by atoms with Gasteiger partial charge in [0.2, 0.25) is 10.0 Å². The monoisotopic (exact) mass is 516 g/mol. The highest BCUT2D eigenvalue weighted by Gasteiger charge is 2.31. The number of piperazine rings is 1. The molecule has 2 aromatic carbocycles. The summed E-state index contributed by atoms with van der Waals surface area (Å²) in [7, 11) is -3.74. The van der Waals surface area contributed by atoms with Crippen molar-refractivity contribution in [2.24, 2.45) is 0 Å². The molecule has 2 heterocycles. The van der Waals surface area contributed by atoms with E-state index in [1.165, 1.54) is 10.4 Å². The number of nitrogens with zero attached hydrogens (tertiary/aromatic N) is 4. The number of sulfonamides is 1. The molecule has 0 spiro atoms. The molecule has 31 heavy (non-hydrogen) atoms. The van der Waals surface area contributed by atoms with Gasteiger partial charge in [-0.1, -0.05) is 52.5 Å². The molecular weight excluding hydrogens is 502 g/mol. The van der Waals surface area contributed by atoms with E-state index in [9.17, 15) is 8.42 Å². The van der Waals surface area contributed by atoms with Gasteiger partial charge in [0.25, 0.3) is 0 Å². The van der Waals surface area contributed by atoms with Crippen molar-refractivity contribution in [3.63, 3.8) is 0 Å². The van der Waals surface area contributed by atoms with Crippen LogP contribution in [0.3, 0.4) is 0 Å². The molecule has 1 saturated heterocycles. The molecule has 0 saturated carbocycles. The van der Waals surface area contributed by atoms with E-state index in [1.54, 1.807) is 30.3 Å². The van der Waals surface area contributed by atoms with Crippen molar-refractivity contribution in [3.05, 3.63) is 68.6 Å². The van der Waals surface area contributed by atoms with Gasteiger partial charge in [-0.05, 0) is 42.5 Å². The maximum Gasteiger partial charge on any atom is 0.244 e. The highest BCUT2D eigenvalue weighted by atomic mass is 35.5. The number of rotatable bonds is 4. The third-order valence-electron chi connectivity index (χ3n) is 4.95. The zero-order chi connectivity index (χ0) is 22.2. The van der Waals surface area contributed by atoms with Gasteiger partial charge in [0.15, 0.2) is 5.82 Å². The lowest BCUT2D eigenvalue weighted by molar-refractivity contribution is 0.383. The van der Waals surface area contributed by atoms with Gasteiger partial charge in [0, 0.05) is 36.8 Å². The maximum absolute atomic E-state index is 13.0. The van der Waals surface area contributed by atoms with E-state index in [0.717, 1.165) is 5.56 Å². The lowest BCUT2D eigenvalue weighted by Gasteiger charge is -2.34. The summed E-state index contributed by atoms with van der Waals surface area (Å²) in [5.74, 6) is 0.659. The minimum Gasteiger partial charge on any atom is -0.352 e. The first-order chi connectivity index (χ1) is 14.8. The van der Waals surface area contributed by atoms with Crippen LogP contribution in [0.25, 0.3) is 11.3 Å². The van der Waals surface area contributed by atoms with Crippen LogP contribution >= 0.6 is 46.4 Å². The molecule has 1 aliphatic rings. The van der Waals surface area contributed by atoms with Crippen molar-refractivity contribution in [1.82, 2.24) is 14.5 Å². The highest BCUT2D eigenvalue weighted by Crippen LogP contribution is 2.32. The predicted molar refractivity (Wildman–Crippen MR) is 125 cm³/mol. The fraction of sp³-hybridized carbons (Fsp3) is 0.200. The van der Waals surface area contributed by atoms with Crippen LogP contribution in [0.4, 0.5) is 5.82 Å². The predicted octanol–water partition coefficient (Wildman–Crippen LogP) is 5.27. The second kappa shape index (κ2) is 9.10. The Morgan fingerprint density at radius 3 is 2.19 bits per heavy atom. The molecule has 0 atom stereocenters. The second-order valence-corrected chi connectivity index (χ2v) is 10.4. The minimum absolute atomic E-state index is 0.0131. The first-order valence-electron chi connectivity index (χ1n) is 9.25. The number of halogens is 4. The summed E-state index contributed by atoms with van der Waals surface area (Å²) < 4.78 is 27.3. The fourth-order valence-electron chi connectivity index (χ4n) is 3.31. The van der Waals surface area contributed by atoms with Crippen LogP contribution in [-0.2, 0) is 10.0 Å². The van der Waals surface area contributed by atoms with Crippen LogP contribution in [0.5, 0.6) is 0 Å². The molecule has 1 fully saturated rings. The van der Waals surface area contributed by atoms with Crippen molar-refractivity contribution in [2.75, 3.05) is 31.1 Å². The van der Waals surface area contributed by atoms with Crippen LogP contribution in [0.15, 0.2) is 53.4 Å². The van der Waals surface area contributed by atoms with Crippen LogP contribution in [0.2, 0.25) is 20.1 Å². The number of hydrogen-bond donors (Lipinski definition) is 0. The summed E-state index contributed by atoms with van der Waals surface area (Å²) in [4.78, 5) is 1.99. The molecule has 1 aromatic heterocycles. The van der Waals surface area contributed by atoms with Gasteiger partial charge in [0.1, 0.15) is 4.90 Å². The summed E-state index contributed by atoms with van der Waals surface area (Å²) in [5, 5.41) is 9.84. The average Bonchev–Trinajstić information content (AvgIpc) is 2.76. The molecule has 6 nitrogen and oxygen atoms in total. The van der Waals surface area contributed by atoms with Gasteiger partial charge in [0.05, 0.1) is 20.8 Å². The summed E-state index contributed by atoms with van der Waals surface area (Å²) in [6, 6.07) is 13.4. The molecule has 4 rings (SSSR count). The lowest BCUT2D eigenvalue weighted by Crippen LogP contribution is -2.49. The quantitative estimate of drug-likeness (QED) is 0.471. The Bertz CT molecular complexity index is 1210. The molecule has 1 aliphatic heterocycles. The van der Waals surface area contributed by atoms with Crippen LogP contribution < -0.4 is 4.90 Å². The molecule has 0 radical (unpaired) electrons. The van der Waals surface area contributed by atoms with Crippen LogP contribution in [0.1, 0.15) is 0 Å². The summed E-state index contributed by atoms with van der Waals surface area (Å²) >= 11 is 24.3. The Labute approximate surface area is 200 Å². The van der Waals surface area contributed by atoms with E-state index in [2.05, 4.69) is 10.2 Å². The molecule has 11 heteroatoms. The van der Waals surface area contributed by atoms with Crippen molar-refractivity contribution >= 4 is 62.2 Å². The normalized spacial score (nSPS) is 15.3. The van der Waals surface area contributed by atoms with Gasteiger partial charge in [-0.3, -0.25) is 0 Å². The first-order valence-corrected chi connectivity index (χ1v) is 12.2. The van der Waals surface area contributed by atoms with Crippen LogP contribution in [-0.4, -0.2) is 49.1 Å². The van der Waals surface area contributed by atoms with Crippen molar-refractivity contribution in [1.29, 1.82) is 0 Å². The van der Waals surface area contributed by atoms with Gasteiger partial charge in [-0.25, -0.2) is 8.42 Å². The van der Waals surface area contributed by atoms with E-state index in [-0.39, 0.29) is 28.0 Å². The van der Waals surface area contributed by atoms with E-state index < -0.39 is 10.0 Å². The summed E-state index contributed by atoms with van der Waals surface area (Å²) in [6.07, 6.45) is 0. The summed E-state index contributed by atoms with van der Waals surface area (Å²) in [5.41, 5.74) is 1.36. The average molecular weight is 518 g/mol. The zero-order valence-corrected chi connectivity index (χ0v) is 19.8. The fourth-order valence-corrected chi connectivity index (χ4v) is 5.98. The topological polar surface area (TPSA) is 66.4 Å². The Morgan fingerprint density at radius 1 is 0.806 bits per heavy atom. The molecule has 0 amide bonds. The zero-order valence-electron chi connectivity index (χ0n) is 16.0. The molecule has 0 N–H and O–H groups in total. The Hall–Kier alpha value is -1.61. The minimum atomic E-state index is -3.74. The SMILES string of the molecule is O=S(=O)(c1cccc(Cl)c1Cl)N1CCN(c2ccc(-c3ccc(Cl)cc3Cl)nn2)CC1. The molecule has 162 valence electrons. The van der Waals surface area contributed by atoms with Gasteiger partial charge in [-0.2, -0.15) is 4.31 Å². The third kappa shape index (κ3) is 4.62. The van der Waals surface area contributed by atoms with Crippen molar-refractivity contribution < 1.29 is 8.42 Å². The number of anilines is 1. The molecule has 3 aromatic rings. The Kier molecular flexibility index (Phi) is 6.62. The van der Waals surface area contributed by atoms with E-state index >= 15 is 0 Å². The molecule has 0 bridgehead atoms. The molecular formula is C20H16Cl4N4O2S. The number of hydrogen-bond acceptors (Lipinski definition) is 5. The highest BCUT2D eigenvalue weighted by molar-refractivity contribution is 7.89. The Balaban J connectivity index is 1.47. The standard InChI is InChI=1S/C20H16Cl4N4O2S/c21-13-4-5-14(16(23)12-13)17-6-7-19(26-25-17)27-8-10-28(11-9-27)31(29,30)18-3-1-2-15(22)20(18)24/h1-7,12H,8-11H2.